The van der Waals surface area contributed by atoms with Crippen molar-refractivity contribution < 1.29 is 8.95 Å². The molecule has 0 spiro atoms. The van der Waals surface area contributed by atoms with Crippen LogP contribution in [0.5, 0.6) is 5.75 Å². The zero-order valence-electron chi connectivity index (χ0n) is 15.9. The van der Waals surface area contributed by atoms with Gasteiger partial charge in [-0.1, -0.05) is 52.3 Å². The average molecular weight is 454 g/mol. The third kappa shape index (κ3) is 3.04. The van der Waals surface area contributed by atoms with Crippen LogP contribution in [0.1, 0.15) is 11.1 Å². The van der Waals surface area contributed by atoms with E-state index in [1.807, 2.05) is 44.2 Å². The van der Waals surface area contributed by atoms with E-state index >= 15 is 0 Å². The molecule has 0 bridgehead atoms. The Hall–Kier alpha value is -2.21. The Bertz CT molecular complexity index is 1270. The number of fused-ring (bicyclic) bond motifs is 2. The molecule has 4 aromatic carbocycles. The Kier molecular flexibility index (Phi) is 5.00. The van der Waals surface area contributed by atoms with Crippen LogP contribution < -0.4 is 9.88 Å². The van der Waals surface area contributed by atoms with Crippen LogP contribution in [0.2, 0.25) is 0 Å². The van der Waals surface area contributed by atoms with E-state index in [4.69, 9.17) is 9.88 Å². The third-order valence-corrected chi connectivity index (χ3v) is 6.50. The van der Waals surface area contributed by atoms with Gasteiger partial charge in [-0.25, -0.2) is 9.35 Å². The summed E-state index contributed by atoms with van der Waals surface area (Å²) in [6.07, 6.45) is 0. The summed E-state index contributed by atoms with van der Waals surface area (Å²) in [6.45, 7) is 3.98. The first kappa shape index (κ1) is 19.1. The summed E-state index contributed by atoms with van der Waals surface area (Å²) in [6, 6.07) is 18.4. The van der Waals surface area contributed by atoms with Crippen molar-refractivity contribution in [3.8, 4) is 16.9 Å². The molecular formula is C23H20BrNO2S. The summed E-state index contributed by atoms with van der Waals surface area (Å²) in [7, 11) is 0.0366. The Morgan fingerprint density at radius 1 is 0.893 bits per heavy atom. The highest BCUT2D eigenvalue weighted by Crippen LogP contribution is 2.46. The first-order chi connectivity index (χ1) is 13.4. The molecular weight excluding hydrogens is 434 g/mol. The molecule has 4 rings (SSSR count). The lowest BCUT2D eigenvalue weighted by Gasteiger charge is -2.20. The normalized spacial score (nSPS) is 12.5. The molecule has 0 aliphatic carbocycles. The molecule has 142 valence electrons. The summed E-state index contributed by atoms with van der Waals surface area (Å²) in [5, 5.41) is 10.2. The molecule has 1 unspecified atom stereocenters. The zero-order chi connectivity index (χ0) is 20.0. The standard InChI is InChI=1S/C23H20BrNO2S/c1-13-10-16-12-17(24)8-9-19(16)20(22(13)27-3)21-18-7-5-4-6-15(18)11-14(2)23(21)28(25)26/h4-12H,25H2,1-3H3. The van der Waals surface area contributed by atoms with E-state index in [0.717, 1.165) is 54.0 Å². The van der Waals surface area contributed by atoms with E-state index in [1.165, 1.54) is 0 Å². The molecule has 0 aliphatic heterocycles. The second-order valence-electron chi connectivity index (χ2n) is 6.88. The molecule has 3 nitrogen and oxygen atoms in total. The minimum absolute atomic E-state index is 0.645. The molecule has 2 N–H and O–H groups in total. The van der Waals surface area contributed by atoms with Gasteiger partial charge in [-0.15, -0.1) is 0 Å². The van der Waals surface area contributed by atoms with E-state index in [2.05, 4.69) is 40.2 Å². The van der Waals surface area contributed by atoms with Crippen LogP contribution in [0.25, 0.3) is 32.7 Å². The molecule has 5 heteroatoms. The van der Waals surface area contributed by atoms with Crippen LogP contribution in [-0.2, 0) is 11.0 Å². The van der Waals surface area contributed by atoms with Crippen molar-refractivity contribution in [1.29, 1.82) is 0 Å². The molecule has 28 heavy (non-hydrogen) atoms. The van der Waals surface area contributed by atoms with Crippen LogP contribution in [0.3, 0.4) is 0 Å². The van der Waals surface area contributed by atoms with Crippen molar-refractivity contribution in [2.45, 2.75) is 18.7 Å². The number of ether oxygens (including phenoxy) is 1. The number of hydrogen-bond acceptors (Lipinski definition) is 2. The maximum absolute atomic E-state index is 12.6. The third-order valence-electron chi connectivity index (χ3n) is 5.08. The lowest BCUT2D eigenvalue weighted by atomic mass is 9.90. The van der Waals surface area contributed by atoms with Gasteiger partial charge in [-0.3, -0.25) is 0 Å². The Morgan fingerprint density at radius 3 is 2.29 bits per heavy atom. The summed E-state index contributed by atoms with van der Waals surface area (Å²) in [5.41, 5.74) is 3.73. The van der Waals surface area contributed by atoms with Crippen molar-refractivity contribution in [2.75, 3.05) is 7.11 Å². The Morgan fingerprint density at radius 2 is 1.57 bits per heavy atom. The summed E-state index contributed by atoms with van der Waals surface area (Å²) < 4.78 is 19.5. The van der Waals surface area contributed by atoms with Gasteiger partial charge in [0, 0.05) is 15.6 Å². The number of aryl methyl sites for hydroxylation is 2. The second kappa shape index (κ2) is 7.32. The van der Waals surface area contributed by atoms with Gasteiger partial charge in [0.2, 0.25) is 0 Å². The fraction of sp³-hybridized carbons (Fsp3) is 0.130. The minimum atomic E-state index is -1.64. The number of methoxy groups -OCH3 is 1. The van der Waals surface area contributed by atoms with Crippen LogP contribution in [0.15, 0.2) is 64.0 Å². The topological polar surface area (TPSA) is 52.3 Å². The van der Waals surface area contributed by atoms with Crippen molar-refractivity contribution in [3.05, 3.63) is 70.2 Å². The predicted octanol–water partition coefficient (Wildman–Crippen LogP) is 6.03. The van der Waals surface area contributed by atoms with E-state index in [-0.39, 0.29) is 0 Å². The van der Waals surface area contributed by atoms with Gasteiger partial charge < -0.3 is 4.74 Å². The summed E-state index contributed by atoms with van der Waals surface area (Å²) in [5.74, 6) is 0.775. The molecule has 0 amide bonds. The molecule has 0 saturated carbocycles. The molecule has 0 aromatic heterocycles. The van der Waals surface area contributed by atoms with Crippen LogP contribution in [0.4, 0.5) is 0 Å². The maximum Gasteiger partial charge on any atom is 0.130 e. The Balaban J connectivity index is 2.30. The monoisotopic (exact) mass is 453 g/mol. The number of benzene rings is 4. The first-order valence-electron chi connectivity index (χ1n) is 8.88. The largest absolute Gasteiger partial charge is 0.496 e. The lowest BCUT2D eigenvalue weighted by Crippen LogP contribution is -2.08. The van der Waals surface area contributed by atoms with Crippen LogP contribution >= 0.6 is 15.9 Å². The maximum atomic E-state index is 12.6. The fourth-order valence-corrected chi connectivity index (χ4v) is 5.15. The number of nitrogens with two attached hydrogens (primary N) is 1. The number of rotatable bonds is 3. The molecule has 1 atom stereocenters. The fourth-order valence-electron chi connectivity index (χ4n) is 3.99. The number of halogens is 1. The zero-order valence-corrected chi connectivity index (χ0v) is 18.3. The Labute approximate surface area is 175 Å². The van der Waals surface area contributed by atoms with E-state index in [9.17, 15) is 4.21 Å². The lowest BCUT2D eigenvalue weighted by molar-refractivity contribution is 0.414. The van der Waals surface area contributed by atoms with Crippen molar-refractivity contribution in [3.63, 3.8) is 0 Å². The van der Waals surface area contributed by atoms with Gasteiger partial charge in [0.05, 0.1) is 12.0 Å². The number of hydrogen-bond donors (Lipinski definition) is 1. The highest BCUT2D eigenvalue weighted by molar-refractivity contribution is 9.10. The second-order valence-corrected chi connectivity index (χ2v) is 8.80. The van der Waals surface area contributed by atoms with Gasteiger partial charge in [0.15, 0.2) is 0 Å². The van der Waals surface area contributed by atoms with Gasteiger partial charge in [-0.2, -0.15) is 0 Å². The van der Waals surface area contributed by atoms with Crippen LogP contribution in [0, 0.1) is 13.8 Å². The quantitative estimate of drug-likeness (QED) is 0.411. The molecule has 0 heterocycles. The molecule has 0 radical (unpaired) electrons. The van der Waals surface area contributed by atoms with Gasteiger partial charge >= 0.3 is 0 Å². The smallest absolute Gasteiger partial charge is 0.130 e. The van der Waals surface area contributed by atoms with Gasteiger partial charge in [0.1, 0.15) is 16.7 Å². The molecule has 0 saturated heterocycles. The van der Waals surface area contributed by atoms with Gasteiger partial charge in [-0.05, 0) is 64.7 Å². The SMILES string of the molecule is COc1c(C)cc2cc(Br)ccc2c1-c1c(S(N)=O)c(C)cc2ccccc12. The summed E-state index contributed by atoms with van der Waals surface area (Å²) in [4.78, 5) is 0.645. The first-order valence-corrected chi connectivity index (χ1v) is 10.9. The van der Waals surface area contributed by atoms with E-state index in [1.54, 1.807) is 7.11 Å². The van der Waals surface area contributed by atoms with Crippen molar-refractivity contribution >= 4 is 48.5 Å². The van der Waals surface area contributed by atoms with E-state index in [0.29, 0.717) is 4.90 Å². The summed E-state index contributed by atoms with van der Waals surface area (Å²) >= 11 is 3.56. The molecule has 4 aromatic rings. The highest BCUT2D eigenvalue weighted by atomic mass is 79.9. The van der Waals surface area contributed by atoms with Gasteiger partial charge in [0.25, 0.3) is 0 Å². The molecule has 0 aliphatic rings. The van der Waals surface area contributed by atoms with Crippen molar-refractivity contribution in [2.24, 2.45) is 5.14 Å². The van der Waals surface area contributed by atoms with E-state index < -0.39 is 11.0 Å². The minimum Gasteiger partial charge on any atom is -0.496 e. The van der Waals surface area contributed by atoms with Crippen LogP contribution in [-0.4, -0.2) is 11.3 Å². The van der Waals surface area contributed by atoms with Crippen molar-refractivity contribution in [1.82, 2.24) is 0 Å². The average Bonchev–Trinajstić information content (AvgIpc) is 2.65. The highest BCUT2D eigenvalue weighted by Gasteiger charge is 2.22. The molecule has 0 fully saturated rings. The predicted molar refractivity (Wildman–Crippen MR) is 121 cm³/mol.